The second-order valence-electron chi connectivity index (χ2n) is 6.20. The number of aryl methyl sites for hydroxylation is 1. The number of nitrogens with zero attached hydrogens (tertiary/aromatic N) is 1. The summed E-state index contributed by atoms with van der Waals surface area (Å²) in [7, 11) is 2.85. The van der Waals surface area contributed by atoms with Crippen LogP contribution in [0.4, 0.5) is 11.4 Å². The number of amides is 1. The molecule has 3 rings (SSSR count). The minimum atomic E-state index is -0.517. The molecule has 1 aliphatic heterocycles. The SMILES string of the molecule is CCc1ccc(N[C@@H]2NC(=O)/C(=C/c3cc(OC)c(OC)cc3[N+](=O)[O-])S2)cc1. The normalized spacial score (nSPS) is 17.1. The zero-order chi connectivity index (χ0) is 21.0. The fourth-order valence-electron chi connectivity index (χ4n) is 2.85. The van der Waals surface area contributed by atoms with Gasteiger partial charge in [0.2, 0.25) is 0 Å². The number of methoxy groups -OCH3 is 2. The van der Waals surface area contributed by atoms with Crippen LogP contribution in [0.25, 0.3) is 6.08 Å². The number of nitro groups is 1. The van der Waals surface area contributed by atoms with Crippen molar-refractivity contribution < 1.29 is 19.2 Å². The molecule has 0 aliphatic carbocycles. The van der Waals surface area contributed by atoms with E-state index in [1.54, 1.807) is 0 Å². The maximum absolute atomic E-state index is 12.4. The molecule has 8 nitrogen and oxygen atoms in total. The van der Waals surface area contributed by atoms with Crippen LogP contribution in [0.2, 0.25) is 0 Å². The highest BCUT2D eigenvalue weighted by molar-refractivity contribution is 8.05. The number of hydrogen-bond donors (Lipinski definition) is 2. The van der Waals surface area contributed by atoms with Gasteiger partial charge in [0.05, 0.1) is 35.7 Å². The van der Waals surface area contributed by atoms with Gasteiger partial charge < -0.3 is 20.1 Å². The van der Waals surface area contributed by atoms with E-state index in [1.807, 2.05) is 24.3 Å². The molecule has 1 saturated heterocycles. The van der Waals surface area contributed by atoms with Gasteiger partial charge in [-0.25, -0.2) is 0 Å². The first-order valence-electron chi connectivity index (χ1n) is 8.90. The number of benzene rings is 2. The summed E-state index contributed by atoms with van der Waals surface area (Å²) in [5.74, 6) is 0.292. The second-order valence-corrected chi connectivity index (χ2v) is 7.34. The number of nitrogens with one attached hydrogen (secondary N) is 2. The number of nitro benzene ring substituents is 1. The van der Waals surface area contributed by atoms with Gasteiger partial charge in [0, 0.05) is 5.69 Å². The predicted molar refractivity (Wildman–Crippen MR) is 113 cm³/mol. The van der Waals surface area contributed by atoms with Crippen LogP contribution in [0.3, 0.4) is 0 Å². The van der Waals surface area contributed by atoms with Gasteiger partial charge in [0.1, 0.15) is 0 Å². The van der Waals surface area contributed by atoms with Crippen molar-refractivity contribution in [2.45, 2.75) is 18.8 Å². The monoisotopic (exact) mass is 415 g/mol. The Morgan fingerprint density at radius 3 is 2.45 bits per heavy atom. The third kappa shape index (κ3) is 4.62. The van der Waals surface area contributed by atoms with E-state index in [-0.39, 0.29) is 28.4 Å². The van der Waals surface area contributed by atoms with Gasteiger partial charge in [-0.3, -0.25) is 14.9 Å². The number of rotatable bonds is 7. The van der Waals surface area contributed by atoms with Crippen molar-refractivity contribution >= 4 is 35.1 Å². The van der Waals surface area contributed by atoms with Crippen molar-refractivity contribution in [3.05, 3.63) is 62.5 Å². The van der Waals surface area contributed by atoms with E-state index in [0.717, 1.165) is 12.1 Å². The van der Waals surface area contributed by atoms with Gasteiger partial charge in [-0.1, -0.05) is 30.8 Å². The number of anilines is 1. The van der Waals surface area contributed by atoms with Crippen LogP contribution in [0.15, 0.2) is 41.3 Å². The molecule has 1 amide bonds. The second kappa shape index (κ2) is 8.87. The molecular formula is C20H21N3O5S. The van der Waals surface area contributed by atoms with E-state index < -0.39 is 4.92 Å². The average molecular weight is 415 g/mol. The van der Waals surface area contributed by atoms with E-state index in [0.29, 0.717) is 10.7 Å². The molecule has 1 aliphatic rings. The molecule has 152 valence electrons. The van der Waals surface area contributed by atoms with Crippen LogP contribution in [0, 0.1) is 10.1 Å². The smallest absolute Gasteiger partial charge is 0.280 e. The first-order valence-corrected chi connectivity index (χ1v) is 9.78. The molecular weight excluding hydrogens is 394 g/mol. The number of hydrogen-bond acceptors (Lipinski definition) is 7. The van der Waals surface area contributed by atoms with E-state index >= 15 is 0 Å². The zero-order valence-corrected chi connectivity index (χ0v) is 17.0. The Bertz CT molecular complexity index is 959. The maximum Gasteiger partial charge on any atom is 0.280 e. The van der Waals surface area contributed by atoms with Crippen LogP contribution >= 0.6 is 11.8 Å². The summed E-state index contributed by atoms with van der Waals surface area (Å²) in [6, 6.07) is 10.7. The lowest BCUT2D eigenvalue weighted by atomic mass is 10.1. The summed E-state index contributed by atoms with van der Waals surface area (Å²) >= 11 is 1.26. The summed E-state index contributed by atoms with van der Waals surface area (Å²) in [5, 5.41) is 17.5. The molecule has 9 heteroatoms. The number of carbonyl (C=O) groups excluding carboxylic acids is 1. The molecule has 2 aromatic rings. The molecule has 0 spiro atoms. The molecule has 0 radical (unpaired) electrons. The van der Waals surface area contributed by atoms with Crippen LogP contribution in [-0.4, -0.2) is 30.5 Å². The summed E-state index contributed by atoms with van der Waals surface area (Å²) in [4.78, 5) is 23.7. The Morgan fingerprint density at radius 2 is 1.86 bits per heavy atom. The molecule has 2 aromatic carbocycles. The summed E-state index contributed by atoms with van der Waals surface area (Å²) in [6.45, 7) is 2.08. The van der Waals surface area contributed by atoms with E-state index in [4.69, 9.17) is 9.47 Å². The zero-order valence-electron chi connectivity index (χ0n) is 16.2. The summed E-state index contributed by atoms with van der Waals surface area (Å²) in [5.41, 5.74) is 1.81. The first-order chi connectivity index (χ1) is 13.9. The third-order valence-corrected chi connectivity index (χ3v) is 5.44. The Morgan fingerprint density at radius 1 is 1.21 bits per heavy atom. The van der Waals surface area contributed by atoms with E-state index in [2.05, 4.69) is 17.6 Å². The average Bonchev–Trinajstić information content (AvgIpc) is 3.06. The Labute approximate surface area is 172 Å². The molecule has 1 fully saturated rings. The van der Waals surface area contributed by atoms with Gasteiger partial charge in [-0.15, -0.1) is 0 Å². The van der Waals surface area contributed by atoms with E-state index in [1.165, 1.54) is 49.8 Å². The largest absolute Gasteiger partial charge is 0.493 e. The predicted octanol–water partition coefficient (Wildman–Crippen LogP) is 3.77. The van der Waals surface area contributed by atoms with Crippen molar-refractivity contribution in [3.8, 4) is 11.5 Å². The Hall–Kier alpha value is -3.20. The van der Waals surface area contributed by atoms with Crippen LogP contribution in [0.1, 0.15) is 18.1 Å². The standard InChI is InChI=1S/C20H21N3O5S/c1-4-12-5-7-14(8-6-12)21-20-22-19(24)18(29-20)10-13-9-16(27-2)17(28-3)11-15(13)23(25)26/h5-11,20-21H,4H2,1-3H3,(H,22,24)/b18-10-/t20-/m1/s1. The fourth-order valence-corrected chi connectivity index (χ4v) is 3.83. The first kappa shape index (κ1) is 20.5. The fraction of sp³-hybridized carbons (Fsp3) is 0.250. The van der Waals surface area contributed by atoms with Crippen molar-refractivity contribution in [2.24, 2.45) is 0 Å². The quantitative estimate of drug-likeness (QED) is 0.403. The van der Waals surface area contributed by atoms with Crippen molar-refractivity contribution in [3.63, 3.8) is 0 Å². The highest BCUT2D eigenvalue weighted by Gasteiger charge is 2.28. The summed E-state index contributed by atoms with van der Waals surface area (Å²) in [6.07, 6.45) is 2.44. The molecule has 0 aromatic heterocycles. The van der Waals surface area contributed by atoms with Gasteiger partial charge in [0.15, 0.2) is 17.0 Å². The van der Waals surface area contributed by atoms with Crippen LogP contribution < -0.4 is 20.1 Å². The van der Waals surface area contributed by atoms with Crippen molar-refractivity contribution in [1.29, 1.82) is 0 Å². The highest BCUT2D eigenvalue weighted by atomic mass is 32.2. The topological polar surface area (TPSA) is 103 Å². The van der Waals surface area contributed by atoms with E-state index in [9.17, 15) is 14.9 Å². The maximum atomic E-state index is 12.4. The van der Waals surface area contributed by atoms with Gasteiger partial charge >= 0.3 is 0 Å². The lowest BCUT2D eigenvalue weighted by Gasteiger charge is -2.13. The van der Waals surface area contributed by atoms with Gasteiger partial charge in [-0.2, -0.15) is 0 Å². The summed E-state index contributed by atoms with van der Waals surface area (Å²) < 4.78 is 10.4. The number of carbonyl (C=O) groups is 1. The molecule has 0 unspecified atom stereocenters. The van der Waals surface area contributed by atoms with Crippen molar-refractivity contribution in [2.75, 3.05) is 19.5 Å². The Kier molecular flexibility index (Phi) is 6.28. The van der Waals surface area contributed by atoms with Gasteiger partial charge in [0.25, 0.3) is 11.6 Å². The lowest BCUT2D eigenvalue weighted by Crippen LogP contribution is -2.30. The molecule has 0 saturated carbocycles. The lowest BCUT2D eigenvalue weighted by molar-refractivity contribution is -0.385. The number of thioether (sulfide) groups is 1. The minimum Gasteiger partial charge on any atom is -0.493 e. The van der Waals surface area contributed by atoms with Crippen molar-refractivity contribution in [1.82, 2.24) is 5.32 Å². The van der Waals surface area contributed by atoms with Crippen LogP contribution in [0.5, 0.6) is 11.5 Å². The molecule has 29 heavy (non-hydrogen) atoms. The van der Waals surface area contributed by atoms with Gasteiger partial charge in [-0.05, 0) is 36.3 Å². The molecule has 1 atom stereocenters. The third-order valence-electron chi connectivity index (χ3n) is 4.41. The highest BCUT2D eigenvalue weighted by Crippen LogP contribution is 2.38. The number of ether oxygens (including phenoxy) is 2. The molecule has 0 bridgehead atoms. The van der Waals surface area contributed by atoms with Crippen LogP contribution in [-0.2, 0) is 11.2 Å². The Balaban J connectivity index is 1.84. The minimum absolute atomic E-state index is 0.171. The molecule has 1 heterocycles. The molecule has 2 N–H and O–H groups in total.